The Labute approximate surface area is 433 Å². The van der Waals surface area contributed by atoms with Crippen LogP contribution in [0.3, 0.4) is 0 Å². The quantitative estimate of drug-likeness (QED) is 0.0621. The number of hydrogen-bond acceptors (Lipinski definition) is 6. The largest absolute Gasteiger partial charge is 0.462 e. The first-order valence-corrected chi connectivity index (χ1v) is 29.2. The second-order valence-corrected chi connectivity index (χ2v) is 28.4. The molecule has 0 saturated heterocycles. The maximum atomic E-state index is 17.3. The van der Waals surface area contributed by atoms with Gasteiger partial charge in [-0.25, -0.2) is 0 Å². The molecule has 33 rings (SSSR count). The molecule has 6 nitrogen and oxygen atoms in total. The average Bonchev–Trinajstić information content (AvgIpc) is 1.37. The van der Waals surface area contributed by atoms with Gasteiger partial charge in [-0.1, -0.05) is 0 Å². The normalized spacial score (nSPS) is 23.0. The van der Waals surface area contributed by atoms with Crippen LogP contribution in [0, 0.1) is 5.41 Å². The Bertz CT molecular complexity index is 6960. The van der Waals surface area contributed by atoms with Gasteiger partial charge in [-0.2, -0.15) is 0 Å². The van der Waals surface area contributed by atoms with Crippen LogP contribution in [0.15, 0.2) is 0 Å². The Hall–Kier alpha value is -8.68. The number of esters is 2. The molecule has 79 heavy (non-hydrogen) atoms. The van der Waals surface area contributed by atoms with Crippen LogP contribution in [0.5, 0.6) is 0 Å². The molecule has 0 bridgehead atoms. The van der Waals surface area contributed by atoms with Gasteiger partial charge in [0, 0.05) is 6.61 Å². The molecule has 2 spiro atoms. The molecule has 1 fully saturated rings. The highest BCUT2D eigenvalue weighted by Gasteiger charge is 3.01. The van der Waals surface area contributed by atoms with Crippen LogP contribution < -0.4 is 0 Å². The fourth-order valence-corrected chi connectivity index (χ4v) is 26.3. The van der Waals surface area contributed by atoms with Crippen molar-refractivity contribution in [3.05, 3.63) is 22.3 Å². The monoisotopic (exact) mass is 994 g/mol. The molecule has 0 aliphatic heterocycles. The van der Waals surface area contributed by atoms with Crippen molar-refractivity contribution < 1.29 is 28.5 Å². The molecule has 350 valence electrons. The summed E-state index contributed by atoms with van der Waals surface area (Å²) in [6, 6.07) is 0. The van der Waals surface area contributed by atoms with Crippen LogP contribution >= 0.6 is 0 Å². The highest BCUT2D eigenvalue weighted by atomic mass is 16.6. The summed E-state index contributed by atoms with van der Waals surface area (Å²) >= 11 is 0. The third-order valence-corrected chi connectivity index (χ3v) is 26.4. The molecule has 0 radical (unpaired) electrons. The summed E-state index contributed by atoms with van der Waals surface area (Å²) in [5, 5.41) is 79.2. The van der Waals surface area contributed by atoms with Gasteiger partial charge in [-0.3, -0.25) is 9.59 Å². The van der Waals surface area contributed by atoms with Crippen LogP contribution in [0.25, 0.3) is 291 Å². The summed E-state index contributed by atoms with van der Waals surface area (Å²) in [6.45, 7) is 9.68. The number of ether oxygens (including phenoxy) is 4. The van der Waals surface area contributed by atoms with Crippen molar-refractivity contribution >= 4 is 303 Å². The fourth-order valence-electron chi connectivity index (χ4n) is 26.3. The lowest BCUT2D eigenvalue weighted by Gasteiger charge is -2.32. The lowest BCUT2D eigenvalue weighted by atomic mass is 9.68. The summed E-state index contributed by atoms with van der Waals surface area (Å²) in [4.78, 5) is 34.6. The van der Waals surface area contributed by atoms with Gasteiger partial charge < -0.3 is 18.9 Å². The molecule has 5 aliphatic rings. The summed E-state index contributed by atoms with van der Waals surface area (Å²) in [7, 11) is 0. The molecule has 6 heteroatoms. The van der Waals surface area contributed by atoms with E-state index in [2.05, 4.69) is 0 Å². The van der Waals surface area contributed by atoms with Crippen LogP contribution in [-0.4, -0.2) is 50.6 Å². The van der Waals surface area contributed by atoms with E-state index in [1.54, 1.807) is 53.9 Å². The molecule has 0 N–H and O–H groups in total. The van der Waals surface area contributed by atoms with Crippen LogP contribution in [0.4, 0.5) is 0 Å². The Morgan fingerprint density at radius 3 is 0.671 bits per heavy atom. The average molecular weight is 995 g/mol. The van der Waals surface area contributed by atoms with Gasteiger partial charge in [-0.15, -0.1) is 0 Å². The molecule has 28 aromatic carbocycles. The van der Waals surface area contributed by atoms with Crippen LogP contribution in [0.1, 0.15) is 49.9 Å². The topological polar surface area (TPSA) is 71.1 Å². The minimum atomic E-state index is -1.79. The zero-order chi connectivity index (χ0) is 49.0. The minimum absolute atomic E-state index is 0.0284. The number of hydrogen-bond donors (Lipinski definition) is 0. The summed E-state index contributed by atoms with van der Waals surface area (Å²) < 4.78 is 25.9. The second-order valence-electron chi connectivity index (χ2n) is 28.4. The van der Waals surface area contributed by atoms with Crippen molar-refractivity contribution in [2.75, 3.05) is 33.0 Å². The number of rotatable bonds is 9. The lowest BCUT2D eigenvalue weighted by Crippen LogP contribution is -2.42. The number of benzene rings is 18. The standard InChI is InChI=1S/C73H22O6/c1-5-76-6-7-77-8-9-78-68(74)73(69(75)79-70(2,3)4)71-64-56-48-38-28-20-12-10-11-14-18-16(12)24-32-26(18)36-30-22(14)23-15(11)19-17-13(10)21(20)29-35-25(17)33-27(19)37-31(23)41-40(30)50-44(36)54-46(32)52(42(48)34(24)28)60(64)62(54)66-58(50)59-51(41)45(37)55-47(33)53-43(35)49(39(29)38)57(56)65(71)61(53)63(55)67(59)72(66,71)73/h5-9H2,1-4H3. The zero-order valence-corrected chi connectivity index (χ0v) is 42.0. The lowest BCUT2D eigenvalue weighted by molar-refractivity contribution is -0.174. The zero-order valence-electron chi connectivity index (χ0n) is 42.0. The van der Waals surface area contributed by atoms with Crippen molar-refractivity contribution in [1.29, 1.82) is 0 Å². The third kappa shape index (κ3) is 1.90. The van der Waals surface area contributed by atoms with E-state index in [1.165, 1.54) is 259 Å². The first-order valence-electron chi connectivity index (χ1n) is 29.2. The second kappa shape index (κ2) is 7.75. The highest BCUT2D eigenvalue weighted by Crippen LogP contribution is 2.96. The molecule has 0 heterocycles. The maximum absolute atomic E-state index is 17.3. The van der Waals surface area contributed by atoms with Crippen molar-refractivity contribution in [3.8, 4) is 0 Å². The van der Waals surface area contributed by atoms with E-state index in [1.807, 2.05) is 27.7 Å². The maximum Gasteiger partial charge on any atom is 0.326 e. The van der Waals surface area contributed by atoms with Crippen LogP contribution in [-0.2, 0) is 39.4 Å². The fraction of sp³-hybridized carbons (Fsp3) is 0.178. The van der Waals surface area contributed by atoms with Gasteiger partial charge in [0.05, 0.1) is 30.7 Å². The van der Waals surface area contributed by atoms with Gasteiger partial charge in [0.2, 0.25) is 0 Å². The van der Waals surface area contributed by atoms with Gasteiger partial charge in [0.1, 0.15) is 12.2 Å². The summed E-state index contributed by atoms with van der Waals surface area (Å²) in [5.74, 6) is -0.887. The Morgan fingerprint density at radius 2 is 0.468 bits per heavy atom. The molecular formula is C73H22O6. The van der Waals surface area contributed by atoms with E-state index in [0.717, 1.165) is 0 Å². The Kier molecular flexibility index (Phi) is 3.23. The smallest absolute Gasteiger partial charge is 0.326 e. The molecule has 0 atom stereocenters. The van der Waals surface area contributed by atoms with Gasteiger partial charge in [0.15, 0.2) is 5.41 Å². The van der Waals surface area contributed by atoms with E-state index in [-0.39, 0.29) is 13.2 Å². The first-order chi connectivity index (χ1) is 38.8. The molecular weight excluding hydrogens is 973 g/mol. The highest BCUT2D eigenvalue weighted by molar-refractivity contribution is 6.82. The van der Waals surface area contributed by atoms with E-state index in [0.29, 0.717) is 19.8 Å². The summed E-state index contributed by atoms with van der Waals surface area (Å²) in [6.07, 6.45) is 0. The van der Waals surface area contributed by atoms with Crippen molar-refractivity contribution in [2.45, 2.75) is 44.1 Å². The molecule has 28 aromatic rings. The van der Waals surface area contributed by atoms with Crippen molar-refractivity contribution in [3.63, 3.8) is 0 Å². The number of carbonyl (C=O) groups excluding carboxylic acids is 2. The molecule has 1 saturated carbocycles. The molecule has 0 amide bonds. The molecule has 5 aliphatic carbocycles. The van der Waals surface area contributed by atoms with E-state index in [9.17, 15) is 0 Å². The predicted molar refractivity (Wildman–Crippen MR) is 320 cm³/mol. The van der Waals surface area contributed by atoms with Gasteiger partial charge in [-0.05, 0) is 341 Å². The third-order valence-electron chi connectivity index (χ3n) is 26.4. The van der Waals surface area contributed by atoms with E-state index in [4.69, 9.17) is 18.9 Å². The number of carbonyl (C=O) groups is 2. The van der Waals surface area contributed by atoms with Crippen molar-refractivity contribution in [1.82, 2.24) is 0 Å². The molecule has 0 unspecified atom stereocenters. The summed E-state index contributed by atoms with van der Waals surface area (Å²) in [5.41, 5.74) is 0.0311. The minimum Gasteiger partial charge on any atom is -0.462 e. The predicted octanol–water partition coefficient (Wildman–Crippen LogP) is 17.2. The Balaban J connectivity index is 1.01. The molecule has 0 aromatic heterocycles. The van der Waals surface area contributed by atoms with Gasteiger partial charge >= 0.3 is 11.9 Å². The van der Waals surface area contributed by atoms with E-state index >= 15 is 9.59 Å². The van der Waals surface area contributed by atoms with Crippen LogP contribution in [0.2, 0.25) is 0 Å². The SMILES string of the molecule is CCOCCOCCOC(=O)C1(C(=O)OC(C)(C)C)C23c4c5c6c7c8c9c(c%10c%11c2c2c4c4c%12c5c5c6c6c8c8c%13c9c9c%10c%10c%11c%11c2c2c4c4c%12c%12c5c5c6c8c6c8c%13c9c9c%10c%10c%11c2c2c4c4c%12c5c6c5c8c9c%10c2c45)C713. The first kappa shape index (κ1) is 32.9. The van der Waals surface area contributed by atoms with E-state index < -0.39 is 33.8 Å². The van der Waals surface area contributed by atoms with Crippen molar-refractivity contribution in [2.24, 2.45) is 5.41 Å². The van der Waals surface area contributed by atoms with Gasteiger partial charge in [0.25, 0.3) is 0 Å². The Morgan fingerprint density at radius 1 is 0.278 bits per heavy atom.